The number of nitrogens with zero attached hydrogens (tertiary/aromatic N) is 8. The van der Waals surface area contributed by atoms with E-state index in [1.54, 1.807) is 11.7 Å². The third-order valence-electron chi connectivity index (χ3n) is 8.14. The van der Waals surface area contributed by atoms with Crippen molar-refractivity contribution < 1.29 is 17.9 Å². The van der Waals surface area contributed by atoms with Crippen LogP contribution < -0.4 is 4.74 Å². The zero-order valence-corrected chi connectivity index (χ0v) is 22.2. The Kier molecular flexibility index (Phi) is 5.26. The Morgan fingerprint density at radius 3 is 2.56 bits per heavy atom. The minimum Gasteiger partial charge on any atom is -0.480 e. The van der Waals surface area contributed by atoms with Crippen LogP contribution in [0.4, 0.5) is 13.2 Å². The van der Waals surface area contributed by atoms with E-state index in [1.807, 2.05) is 29.1 Å². The lowest BCUT2D eigenvalue weighted by Gasteiger charge is -2.19. The van der Waals surface area contributed by atoms with Crippen molar-refractivity contribution in [3.8, 4) is 28.7 Å². The molecular weight excluding hydrogens is 533 g/mol. The van der Waals surface area contributed by atoms with E-state index in [9.17, 15) is 13.2 Å². The van der Waals surface area contributed by atoms with Gasteiger partial charge < -0.3 is 9.30 Å². The number of hydrogen-bond acceptors (Lipinski definition) is 7. The molecule has 0 unspecified atom stereocenters. The van der Waals surface area contributed by atoms with Gasteiger partial charge in [-0.25, -0.2) is 29.6 Å². The van der Waals surface area contributed by atoms with Crippen LogP contribution in [-0.2, 0) is 25.7 Å². The summed E-state index contributed by atoms with van der Waals surface area (Å²) in [7, 11) is 1.58. The van der Waals surface area contributed by atoms with E-state index in [1.165, 1.54) is 6.33 Å². The SMILES string of the molecule is COc1ncnc(C2CC2)c1-c1ncc2c(C3CC3)nn(Cc3ccc4c(c3)-c3nc(C(F)(F)F)cn3CC4)c2n1. The molecule has 1 aromatic carbocycles. The Bertz CT molecular complexity index is 1830. The third kappa shape index (κ3) is 4.15. The highest BCUT2D eigenvalue weighted by molar-refractivity contribution is 5.81. The van der Waals surface area contributed by atoms with Gasteiger partial charge in [0.1, 0.15) is 17.7 Å². The van der Waals surface area contributed by atoms with Gasteiger partial charge in [0.2, 0.25) is 5.88 Å². The predicted molar refractivity (Wildman–Crippen MR) is 142 cm³/mol. The Balaban J connectivity index is 1.22. The molecule has 8 rings (SSSR count). The first kappa shape index (κ1) is 24.4. The maximum absolute atomic E-state index is 13.4. The molecule has 0 spiro atoms. The summed E-state index contributed by atoms with van der Waals surface area (Å²) in [4.78, 5) is 22.5. The number of benzene rings is 1. The molecule has 0 bridgehead atoms. The first-order chi connectivity index (χ1) is 19.9. The van der Waals surface area contributed by atoms with Gasteiger partial charge in [0.25, 0.3) is 0 Å². The number of ether oxygens (including phenoxy) is 1. The highest BCUT2D eigenvalue weighted by atomic mass is 19.4. The van der Waals surface area contributed by atoms with E-state index in [0.717, 1.165) is 65.3 Å². The van der Waals surface area contributed by atoms with Gasteiger partial charge in [-0.15, -0.1) is 0 Å². The van der Waals surface area contributed by atoms with E-state index >= 15 is 0 Å². The molecule has 208 valence electrons. The van der Waals surface area contributed by atoms with Crippen molar-refractivity contribution in [2.24, 2.45) is 0 Å². The van der Waals surface area contributed by atoms with Crippen molar-refractivity contribution in [1.29, 1.82) is 0 Å². The number of methoxy groups -OCH3 is 1. The van der Waals surface area contributed by atoms with Gasteiger partial charge in [-0.2, -0.15) is 18.3 Å². The van der Waals surface area contributed by atoms with Crippen LogP contribution in [0.1, 0.15) is 65.7 Å². The molecule has 0 atom stereocenters. The number of aromatic nitrogens is 8. The number of rotatable bonds is 6. The highest BCUT2D eigenvalue weighted by Gasteiger charge is 2.36. The fourth-order valence-corrected chi connectivity index (χ4v) is 5.78. The molecule has 2 aliphatic carbocycles. The van der Waals surface area contributed by atoms with Crippen LogP contribution in [0.15, 0.2) is 36.9 Å². The van der Waals surface area contributed by atoms with Gasteiger partial charge in [-0.3, -0.25) is 0 Å². The largest absolute Gasteiger partial charge is 0.480 e. The molecule has 0 saturated heterocycles. The number of halogens is 3. The molecule has 2 fully saturated rings. The molecule has 5 aromatic rings. The minimum atomic E-state index is -4.49. The van der Waals surface area contributed by atoms with Crippen molar-refractivity contribution in [1.82, 2.24) is 39.3 Å². The van der Waals surface area contributed by atoms with E-state index < -0.39 is 11.9 Å². The van der Waals surface area contributed by atoms with Crippen LogP contribution in [0, 0.1) is 0 Å². The Morgan fingerprint density at radius 2 is 1.80 bits per heavy atom. The maximum atomic E-state index is 13.4. The second-order valence-electron chi connectivity index (χ2n) is 11.0. The maximum Gasteiger partial charge on any atom is 0.434 e. The summed E-state index contributed by atoms with van der Waals surface area (Å²) in [5, 5.41) is 5.87. The number of fused-ring (bicyclic) bond motifs is 4. The van der Waals surface area contributed by atoms with Gasteiger partial charge in [0.15, 0.2) is 17.2 Å². The summed E-state index contributed by atoms with van der Waals surface area (Å²) in [6, 6.07) is 5.92. The average Bonchev–Trinajstić information content (AvgIpc) is 3.91. The zero-order valence-electron chi connectivity index (χ0n) is 22.2. The molecule has 41 heavy (non-hydrogen) atoms. The Morgan fingerprint density at radius 1 is 1.00 bits per heavy atom. The molecule has 1 aliphatic heterocycles. The van der Waals surface area contributed by atoms with Gasteiger partial charge >= 0.3 is 6.18 Å². The van der Waals surface area contributed by atoms with E-state index in [-0.39, 0.29) is 0 Å². The standard InChI is InChI=1S/C29H25F3N8O/c1-41-28-22(24(18-6-7-18)34-14-35-28)25-33-11-20-23(17-4-5-17)38-40(27(20)37-25)12-15-2-3-16-8-9-39-13-21(29(30,31)32)36-26(39)19(16)10-15/h2-3,10-11,13-14,17-18H,4-9,12H2,1H3. The smallest absolute Gasteiger partial charge is 0.434 e. The van der Waals surface area contributed by atoms with Crippen LogP contribution >= 0.6 is 0 Å². The Labute approximate surface area is 232 Å². The molecule has 5 heterocycles. The lowest BCUT2D eigenvalue weighted by atomic mass is 9.98. The van der Waals surface area contributed by atoms with Gasteiger partial charge in [-0.05, 0) is 49.3 Å². The summed E-state index contributed by atoms with van der Waals surface area (Å²) in [6.07, 6.45) is 4.87. The van der Waals surface area contributed by atoms with Crippen molar-refractivity contribution >= 4 is 11.0 Å². The van der Waals surface area contributed by atoms with E-state index in [4.69, 9.17) is 19.8 Å². The van der Waals surface area contributed by atoms with Crippen LogP contribution in [0.2, 0.25) is 0 Å². The Hall–Kier alpha value is -4.35. The van der Waals surface area contributed by atoms with Crippen molar-refractivity contribution in [2.75, 3.05) is 7.11 Å². The van der Waals surface area contributed by atoms with Gasteiger partial charge in [0, 0.05) is 36.3 Å². The van der Waals surface area contributed by atoms with Crippen LogP contribution in [0.25, 0.3) is 33.8 Å². The molecule has 0 N–H and O–H groups in total. The van der Waals surface area contributed by atoms with E-state index in [2.05, 4.69) is 15.0 Å². The molecule has 4 aromatic heterocycles. The second kappa shape index (κ2) is 8.82. The topological polar surface area (TPSA) is 96.4 Å². The molecule has 2 saturated carbocycles. The summed E-state index contributed by atoms with van der Waals surface area (Å²) in [5.74, 6) is 2.00. The quantitative estimate of drug-likeness (QED) is 0.270. The van der Waals surface area contributed by atoms with Crippen molar-refractivity contribution in [3.63, 3.8) is 0 Å². The minimum absolute atomic E-state index is 0.342. The number of imidazole rings is 1. The van der Waals surface area contributed by atoms with Gasteiger partial charge in [-0.1, -0.05) is 12.1 Å². The van der Waals surface area contributed by atoms with Gasteiger partial charge in [0.05, 0.1) is 30.4 Å². The predicted octanol–water partition coefficient (Wildman–Crippen LogP) is 5.53. The first-order valence-corrected chi connectivity index (χ1v) is 13.8. The molecule has 3 aliphatic rings. The number of aryl methyl sites for hydroxylation is 2. The van der Waals surface area contributed by atoms with Crippen LogP contribution in [0.5, 0.6) is 5.88 Å². The molecule has 12 heteroatoms. The van der Waals surface area contributed by atoms with Crippen LogP contribution in [-0.4, -0.2) is 46.4 Å². The normalized spacial score (nSPS) is 16.6. The second-order valence-corrected chi connectivity index (χ2v) is 11.0. The zero-order chi connectivity index (χ0) is 27.9. The number of hydrogen-bond donors (Lipinski definition) is 0. The monoisotopic (exact) mass is 558 g/mol. The first-order valence-electron chi connectivity index (χ1n) is 13.8. The molecule has 0 amide bonds. The van der Waals surface area contributed by atoms with Crippen LogP contribution in [0.3, 0.4) is 0 Å². The number of alkyl halides is 3. The summed E-state index contributed by atoms with van der Waals surface area (Å²) in [6.45, 7) is 0.867. The molecule has 9 nitrogen and oxygen atoms in total. The van der Waals surface area contributed by atoms with Crippen molar-refractivity contribution in [3.05, 3.63) is 65.1 Å². The lowest BCUT2D eigenvalue weighted by Crippen LogP contribution is -2.11. The summed E-state index contributed by atoms with van der Waals surface area (Å²) < 4.78 is 49.2. The average molecular weight is 559 g/mol. The fraction of sp³-hybridized carbons (Fsp3) is 0.379. The highest BCUT2D eigenvalue weighted by Crippen LogP contribution is 2.46. The summed E-state index contributed by atoms with van der Waals surface area (Å²) >= 11 is 0. The molecular formula is C29H25F3N8O. The molecule has 0 radical (unpaired) electrons. The fourth-order valence-electron chi connectivity index (χ4n) is 5.78. The summed E-state index contributed by atoms with van der Waals surface area (Å²) in [5.41, 5.74) is 5.02. The van der Waals surface area contributed by atoms with Crippen molar-refractivity contribution in [2.45, 2.75) is 63.2 Å². The lowest BCUT2D eigenvalue weighted by molar-refractivity contribution is -0.140. The third-order valence-corrected chi connectivity index (χ3v) is 8.14. The van der Waals surface area contributed by atoms with E-state index in [0.29, 0.717) is 60.1 Å².